The minimum absolute atomic E-state index is 0.227. The van der Waals surface area contributed by atoms with E-state index in [-0.39, 0.29) is 23.5 Å². The van der Waals surface area contributed by atoms with Crippen LogP contribution in [0.25, 0.3) is 21.9 Å². The Hall–Kier alpha value is -3.62. The number of benzene rings is 2. The van der Waals surface area contributed by atoms with Gasteiger partial charge in [-0.15, -0.1) is 0 Å². The van der Waals surface area contributed by atoms with Gasteiger partial charge in [-0.1, -0.05) is 0 Å². The molecule has 176 valence electrons. The summed E-state index contributed by atoms with van der Waals surface area (Å²) in [6.07, 6.45) is -0.455. The fourth-order valence-corrected chi connectivity index (χ4v) is 3.94. The van der Waals surface area contributed by atoms with Gasteiger partial charge in [0.2, 0.25) is 0 Å². The highest BCUT2D eigenvalue weighted by Gasteiger charge is 2.23. The molecule has 0 unspecified atom stereocenters. The maximum atomic E-state index is 11.6. The Kier molecular flexibility index (Phi) is 6.08. The second-order valence-electron chi connectivity index (χ2n) is 8.35. The first-order valence-corrected chi connectivity index (χ1v) is 11.0. The third-order valence-corrected chi connectivity index (χ3v) is 5.75. The van der Waals surface area contributed by atoms with E-state index in [0.717, 1.165) is 21.9 Å². The molecule has 0 saturated carbocycles. The van der Waals surface area contributed by atoms with E-state index in [1.807, 2.05) is 38.1 Å². The summed E-state index contributed by atoms with van der Waals surface area (Å²) in [7, 11) is 0. The van der Waals surface area contributed by atoms with Crippen molar-refractivity contribution >= 4 is 21.9 Å². The lowest BCUT2D eigenvalue weighted by Gasteiger charge is -2.29. The van der Waals surface area contributed by atoms with Crippen LogP contribution < -0.4 is 20.7 Å². The molecule has 0 amide bonds. The topological polar surface area (TPSA) is 97.3 Å². The van der Waals surface area contributed by atoms with Crippen LogP contribution in [0.5, 0.6) is 11.5 Å². The van der Waals surface area contributed by atoms with Crippen molar-refractivity contribution in [2.24, 2.45) is 0 Å². The zero-order valence-electron chi connectivity index (χ0n) is 18.9. The summed E-state index contributed by atoms with van der Waals surface area (Å²) in [5.74, 6) is 1.18. The van der Waals surface area contributed by atoms with E-state index < -0.39 is 0 Å². The normalized spacial score (nSPS) is 18.3. The van der Waals surface area contributed by atoms with E-state index in [0.29, 0.717) is 49.1 Å². The largest absolute Gasteiger partial charge is 0.491 e. The van der Waals surface area contributed by atoms with Crippen LogP contribution in [0, 0.1) is 13.8 Å². The Balaban J connectivity index is 1.12. The predicted molar refractivity (Wildman–Crippen MR) is 125 cm³/mol. The van der Waals surface area contributed by atoms with Crippen molar-refractivity contribution in [2.75, 3.05) is 26.4 Å². The SMILES string of the molecule is Cc1cc(=O)oc2cc(OC[C@H]3CO[C@@H](COc4ccc5c(C)cc(=O)oc5c4)CO3)ccc12. The van der Waals surface area contributed by atoms with Gasteiger partial charge in [0, 0.05) is 35.0 Å². The Labute approximate surface area is 194 Å². The van der Waals surface area contributed by atoms with Crippen LogP contribution in [-0.2, 0) is 9.47 Å². The summed E-state index contributed by atoms with van der Waals surface area (Å²) in [5.41, 5.74) is 1.93. The smallest absolute Gasteiger partial charge is 0.336 e. The van der Waals surface area contributed by atoms with Gasteiger partial charge in [-0.2, -0.15) is 0 Å². The average Bonchev–Trinajstić information content (AvgIpc) is 2.81. The van der Waals surface area contributed by atoms with E-state index in [2.05, 4.69) is 0 Å². The number of hydrogen-bond donors (Lipinski definition) is 0. The molecule has 4 aromatic rings. The molecule has 1 aliphatic heterocycles. The molecular formula is C26H24O8. The van der Waals surface area contributed by atoms with Gasteiger partial charge in [-0.05, 0) is 49.2 Å². The molecule has 1 fully saturated rings. The van der Waals surface area contributed by atoms with E-state index in [9.17, 15) is 9.59 Å². The first-order valence-electron chi connectivity index (χ1n) is 11.0. The van der Waals surface area contributed by atoms with Crippen LogP contribution >= 0.6 is 0 Å². The van der Waals surface area contributed by atoms with E-state index in [1.54, 1.807) is 12.1 Å². The zero-order valence-corrected chi connectivity index (χ0v) is 18.9. The molecule has 1 saturated heterocycles. The predicted octanol–water partition coefficient (Wildman–Crippen LogP) is 3.76. The van der Waals surface area contributed by atoms with Gasteiger partial charge in [0.05, 0.1) is 13.2 Å². The van der Waals surface area contributed by atoms with Gasteiger partial charge in [0.1, 0.15) is 48.1 Å². The highest BCUT2D eigenvalue weighted by atomic mass is 16.6. The summed E-state index contributed by atoms with van der Waals surface area (Å²) >= 11 is 0. The molecule has 2 atom stereocenters. The molecule has 2 aromatic heterocycles. The van der Waals surface area contributed by atoms with Crippen LogP contribution in [0.4, 0.5) is 0 Å². The van der Waals surface area contributed by atoms with E-state index >= 15 is 0 Å². The third kappa shape index (κ3) is 4.83. The Morgan fingerprint density at radius 2 is 1.15 bits per heavy atom. The molecule has 34 heavy (non-hydrogen) atoms. The van der Waals surface area contributed by atoms with Gasteiger partial charge in [-0.25, -0.2) is 9.59 Å². The van der Waals surface area contributed by atoms with Crippen molar-refractivity contribution in [3.05, 3.63) is 80.5 Å². The molecule has 5 rings (SSSR count). The number of rotatable bonds is 6. The minimum Gasteiger partial charge on any atom is -0.491 e. The fraction of sp³-hybridized carbons (Fsp3) is 0.308. The minimum atomic E-state index is -0.386. The van der Waals surface area contributed by atoms with Crippen LogP contribution in [0.2, 0.25) is 0 Å². The van der Waals surface area contributed by atoms with Crippen molar-refractivity contribution in [1.82, 2.24) is 0 Å². The van der Waals surface area contributed by atoms with Gasteiger partial charge >= 0.3 is 11.3 Å². The molecule has 0 bridgehead atoms. The molecule has 3 heterocycles. The Morgan fingerprint density at radius 1 is 0.706 bits per heavy atom. The summed E-state index contributed by atoms with van der Waals surface area (Å²) in [5, 5.41) is 1.74. The van der Waals surface area contributed by atoms with Crippen molar-refractivity contribution in [2.45, 2.75) is 26.1 Å². The Morgan fingerprint density at radius 3 is 1.56 bits per heavy atom. The molecule has 1 aliphatic rings. The molecule has 8 heteroatoms. The van der Waals surface area contributed by atoms with Gasteiger partial charge in [0.15, 0.2) is 0 Å². The maximum Gasteiger partial charge on any atom is 0.336 e. The lowest BCUT2D eigenvalue weighted by atomic mass is 10.1. The highest BCUT2D eigenvalue weighted by molar-refractivity contribution is 5.81. The van der Waals surface area contributed by atoms with Crippen molar-refractivity contribution in [3.8, 4) is 11.5 Å². The van der Waals surface area contributed by atoms with E-state index in [4.69, 9.17) is 27.8 Å². The van der Waals surface area contributed by atoms with Gasteiger partial charge < -0.3 is 27.8 Å². The van der Waals surface area contributed by atoms with Crippen molar-refractivity contribution in [1.29, 1.82) is 0 Å². The molecule has 2 aromatic carbocycles. The standard InChI is InChI=1S/C26H24O8/c1-15-7-25(27)33-23-9-17(3-5-21(15)23)29-11-19-13-32-20(14-31-19)12-30-18-4-6-22-16(2)8-26(28)34-24(22)10-18/h3-10,19-20H,11-14H2,1-2H3/t19-,20-/m0/s1. The molecule has 8 nitrogen and oxygen atoms in total. The third-order valence-electron chi connectivity index (χ3n) is 5.75. The van der Waals surface area contributed by atoms with Crippen molar-refractivity contribution < 1.29 is 27.8 Å². The number of aryl methyl sites for hydroxylation is 2. The lowest BCUT2D eigenvalue weighted by molar-refractivity contribution is -0.150. The monoisotopic (exact) mass is 464 g/mol. The van der Waals surface area contributed by atoms with Crippen LogP contribution in [-0.4, -0.2) is 38.6 Å². The number of hydrogen-bond acceptors (Lipinski definition) is 8. The molecule has 0 spiro atoms. The zero-order chi connectivity index (χ0) is 23.7. The average molecular weight is 464 g/mol. The molecule has 0 radical (unpaired) electrons. The first kappa shape index (κ1) is 22.2. The second-order valence-corrected chi connectivity index (χ2v) is 8.35. The van der Waals surface area contributed by atoms with Crippen LogP contribution in [0.1, 0.15) is 11.1 Å². The first-order chi connectivity index (χ1) is 16.4. The molecule has 0 aliphatic carbocycles. The molecular weight excluding hydrogens is 440 g/mol. The summed E-state index contributed by atoms with van der Waals surface area (Å²) in [6, 6.07) is 13.8. The number of fused-ring (bicyclic) bond motifs is 2. The maximum absolute atomic E-state index is 11.6. The van der Waals surface area contributed by atoms with Gasteiger partial charge in [0.25, 0.3) is 0 Å². The fourth-order valence-electron chi connectivity index (χ4n) is 3.94. The molecule has 0 N–H and O–H groups in total. The van der Waals surface area contributed by atoms with E-state index in [1.165, 1.54) is 12.1 Å². The highest BCUT2D eigenvalue weighted by Crippen LogP contribution is 2.24. The summed E-state index contributed by atoms with van der Waals surface area (Å²) in [4.78, 5) is 23.2. The van der Waals surface area contributed by atoms with Crippen LogP contribution in [0.3, 0.4) is 0 Å². The van der Waals surface area contributed by atoms with Gasteiger partial charge in [-0.3, -0.25) is 0 Å². The second kappa shape index (κ2) is 9.32. The van der Waals surface area contributed by atoms with Crippen LogP contribution in [0.15, 0.2) is 67.0 Å². The summed E-state index contributed by atoms with van der Waals surface area (Å²) < 4.78 is 33.9. The number of ether oxygens (including phenoxy) is 4. The Bertz CT molecular complexity index is 1330. The quantitative estimate of drug-likeness (QED) is 0.398. The lowest BCUT2D eigenvalue weighted by Crippen LogP contribution is -2.41. The van der Waals surface area contributed by atoms with Crippen molar-refractivity contribution in [3.63, 3.8) is 0 Å². The summed E-state index contributed by atoms with van der Waals surface area (Å²) in [6.45, 7) is 5.07.